The standard InChI is InChI=1S/C12H18F3N3/c1-2-6-18-8-16-17-11(18)9-4-3-5-10(7-9)12(13,14)15/h8-10H,2-7H2,1H3. The summed E-state index contributed by atoms with van der Waals surface area (Å²) in [6, 6.07) is 0. The molecule has 1 saturated carbocycles. The van der Waals surface area contributed by atoms with E-state index >= 15 is 0 Å². The van der Waals surface area contributed by atoms with Gasteiger partial charge in [-0.1, -0.05) is 13.3 Å². The van der Waals surface area contributed by atoms with Gasteiger partial charge in [0.2, 0.25) is 0 Å². The van der Waals surface area contributed by atoms with Crippen molar-refractivity contribution in [3.8, 4) is 0 Å². The Hall–Kier alpha value is -1.07. The first kappa shape index (κ1) is 13.4. The minimum atomic E-state index is -4.08. The minimum absolute atomic E-state index is 0.0978. The fraction of sp³-hybridized carbons (Fsp3) is 0.833. The van der Waals surface area contributed by atoms with Crippen LogP contribution in [0, 0.1) is 5.92 Å². The van der Waals surface area contributed by atoms with Gasteiger partial charge in [-0.25, -0.2) is 0 Å². The number of hydrogen-bond acceptors (Lipinski definition) is 2. The molecule has 2 unspecified atom stereocenters. The molecule has 0 amide bonds. The first-order valence-electron chi connectivity index (χ1n) is 6.46. The highest BCUT2D eigenvalue weighted by molar-refractivity contribution is 5.00. The van der Waals surface area contributed by atoms with E-state index in [1.165, 1.54) is 0 Å². The second-order valence-electron chi connectivity index (χ2n) is 4.98. The molecule has 0 aliphatic heterocycles. The molecule has 0 aromatic carbocycles. The Morgan fingerprint density at radius 1 is 1.39 bits per heavy atom. The Morgan fingerprint density at radius 3 is 2.83 bits per heavy atom. The summed E-state index contributed by atoms with van der Waals surface area (Å²) in [6.07, 6.45) is 0.293. The van der Waals surface area contributed by atoms with Gasteiger partial charge in [-0.15, -0.1) is 10.2 Å². The van der Waals surface area contributed by atoms with Gasteiger partial charge in [-0.05, 0) is 25.7 Å². The molecular formula is C12H18F3N3. The molecule has 1 aliphatic carbocycles. The van der Waals surface area contributed by atoms with Crippen LogP contribution in [0.2, 0.25) is 0 Å². The average Bonchev–Trinajstić information content (AvgIpc) is 2.77. The van der Waals surface area contributed by atoms with E-state index in [4.69, 9.17) is 0 Å². The van der Waals surface area contributed by atoms with Crippen molar-refractivity contribution in [1.29, 1.82) is 0 Å². The van der Waals surface area contributed by atoms with E-state index < -0.39 is 12.1 Å². The third-order valence-electron chi connectivity index (χ3n) is 3.61. The van der Waals surface area contributed by atoms with Crippen LogP contribution in [0.5, 0.6) is 0 Å². The van der Waals surface area contributed by atoms with Crippen LogP contribution in [0.4, 0.5) is 13.2 Å². The molecule has 1 aromatic heterocycles. The number of halogens is 3. The summed E-state index contributed by atoms with van der Waals surface area (Å²) in [6.45, 7) is 2.80. The predicted octanol–water partition coefficient (Wildman–Crippen LogP) is 3.52. The number of hydrogen-bond donors (Lipinski definition) is 0. The topological polar surface area (TPSA) is 30.7 Å². The normalized spacial score (nSPS) is 25.3. The van der Waals surface area contributed by atoms with Crippen LogP contribution in [0.3, 0.4) is 0 Å². The summed E-state index contributed by atoms with van der Waals surface area (Å²) in [5, 5.41) is 7.86. The van der Waals surface area contributed by atoms with E-state index in [-0.39, 0.29) is 18.8 Å². The Labute approximate surface area is 104 Å². The van der Waals surface area contributed by atoms with Gasteiger partial charge in [0, 0.05) is 12.5 Å². The lowest BCUT2D eigenvalue weighted by atomic mass is 9.80. The van der Waals surface area contributed by atoms with Gasteiger partial charge in [0.15, 0.2) is 0 Å². The molecule has 2 atom stereocenters. The number of nitrogens with zero attached hydrogens (tertiary/aromatic N) is 3. The van der Waals surface area contributed by atoms with Crippen LogP contribution < -0.4 is 0 Å². The molecule has 0 bridgehead atoms. The molecule has 2 rings (SSSR count). The van der Waals surface area contributed by atoms with E-state index in [1.807, 2.05) is 11.5 Å². The van der Waals surface area contributed by atoms with Gasteiger partial charge in [0.1, 0.15) is 12.2 Å². The lowest BCUT2D eigenvalue weighted by molar-refractivity contribution is -0.183. The molecule has 1 heterocycles. The summed E-state index contributed by atoms with van der Waals surface area (Å²) in [5.74, 6) is -0.548. The molecule has 0 radical (unpaired) electrons. The summed E-state index contributed by atoms with van der Waals surface area (Å²) in [5.41, 5.74) is 0. The quantitative estimate of drug-likeness (QED) is 0.833. The zero-order valence-electron chi connectivity index (χ0n) is 10.5. The summed E-state index contributed by atoms with van der Waals surface area (Å²) < 4.78 is 40.2. The molecular weight excluding hydrogens is 243 g/mol. The van der Waals surface area contributed by atoms with Gasteiger partial charge in [-0.3, -0.25) is 0 Å². The molecule has 102 valence electrons. The van der Waals surface area contributed by atoms with Crippen molar-refractivity contribution in [2.75, 3.05) is 0 Å². The van der Waals surface area contributed by atoms with Crippen molar-refractivity contribution >= 4 is 0 Å². The summed E-state index contributed by atoms with van der Waals surface area (Å²) in [4.78, 5) is 0. The van der Waals surface area contributed by atoms with Crippen molar-refractivity contribution < 1.29 is 13.2 Å². The van der Waals surface area contributed by atoms with Crippen LogP contribution in [0.25, 0.3) is 0 Å². The molecule has 0 spiro atoms. The first-order valence-corrected chi connectivity index (χ1v) is 6.46. The minimum Gasteiger partial charge on any atom is -0.317 e. The van der Waals surface area contributed by atoms with E-state index in [0.29, 0.717) is 6.42 Å². The lowest BCUT2D eigenvalue weighted by Gasteiger charge is -2.30. The molecule has 1 fully saturated rings. The number of aryl methyl sites for hydroxylation is 1. The maximum atomic E-state index is 12.8. The Bertz CT molecular complexity index is 386. The summed E-state index contributed by atoms with van der Waals surface area (Å²) >= 11 is 0. The molecule has 1 aliphatic rings. The average molecular weight is 261 g/mol. The molecule has 18 heavy (non-hydrogen) atoms. The highest BCUT2D eigenvalue weighted by Gasteiger charge is 2.43. The lowest BCUT2D eigenvalue weighted by Crippen LogP contribution is -2.29. The smallest absolute Gasteiger partial charge is 0.317 e. The van der Waals surface area contributed by atoms with E-state index in [1.54, 1.807) is 6.33 Å². The Kier molecular flexibility index (Phi) is 3.92. The van der Waals surface area contributed by atoms with Crippen molar-refractivity contribution in [1.82, 2.24) is 14.8 Å². The maximum Gasteiger partial charge on any atom is 0.391 e. The second-order valence-corrected chi connectivity index (χ2v) is 4.98. The predicted molar refractivity (Wildman–Crippen MR) is 61.1 cm³/mol. The third kappa shape index (κ3) is 2.84. The maximum absolute atomic E-state index is 12.8. The Balaban J connectivity index is 2.11. The SMILES string of the molecule is CCCn1cnnc1C1CCCC(C(F)(F)F)C1. The van der Waals surface area contributed by atoms with Gasteiger partial charge >= 0.3 is 6.18 Å². The molecule has 6 heteroatoms. The van der Waals surface area contributed by atoms with Gasteiger partial charge in [0.05, 0.1) is 5.92 Å². The first-order chi connectivity index (χ1) is 8.52. The largest absolute Gasteiger partial charge is 0.391 e. The van der Waals surface area contributed by atoms with Crippen LogP contribution in [-0.2, 0) is 6.54 Å². The van der Waals surface area contributed by atoms with Crippen LogP contribution in [0.1, 0.15) is 50.8 Å². The van der Waals surface area contributed by atoms with Gasteiger partial charge in [0.25, 0.3) is 0 Å². The zero-order chi connectivity index (χ0) is 13.2. The second kappa shape index (κ2) is 5.28. The van der Waals surface area contributed by atoms with Crippen LogP contribution >= 0.6 is 0 Å². The van der Waals surface area contributed by atoms with E-state index in [9.17, 15) is 13.2 Å². The van der Waals surface area contributed by atoms with Crippen LogP contribution in [-0.4, -0.2) is 20.9 Å². The third-order valence-corrected chi connectivity index (χ3v) is 3.61. The van der Waals surface area contributed by atoms with Crippen molar-refractivity contribution in [3.05, 3.63) is 12.2 Å². The van der Waals surface area contributed by atoms with Crippen molar-refractivity contribution in [2.24, 2.45) is 5.92 Å². The van der Waals surface area contributed by atoms with Crippen LogP contribution in [0.15, 0.2) is 6.33 Å². The number of alkyl halides is 3. The molecule has 3 nitrogen and oxygen atoms in total. The molecule has 0 saturated heterocycles. The van der Waals surface area contributed by atoms with Gasteiger partial charge in [-0.2, -0.15) is 13.2 Å². The highest BCUT2D eigenvalue weighted by atomic mass is 19.4. The Morgan fingerprint density at radius 2 is 2.17 bits per heavy atom. The number of rotatable bonds is 3. The van der Waals surface area contributed by atoms with E-state index in [0.717, 1.165) is 25.2 Å². The zero-order valence-corrected chi connectivity index (χ0v) is 10.5. The van der Waals surface area contributed by atoms with E-state index in [2.05, 4.69) is 10.2 Å². The summed E-state index contributed by atoms with van der Waals surface area (Å²) in [7, 11) is 0. The highest BCUT2D eigenvalue weighted by Crippen LogP contribution is 2.43. The monoisotopic (exact) mass is 261 g/mol. The van der Waals surface area contributed by atoms with Gasteiger partial charge < -0.3 is 4.57 Å². The molecule has 1 aromatic rings. The van der Waals surface area contributed by atoms with Crippen molar-refractivity contribution in [3.63, 3.8) is 0 Å². The van der Waals surface area contributed by atoms with Crippen molar-refractivity contribution in [2.45, 2.75) is 57.7 Å². The fourth-order valence-corrected chi connectivity index (χ4v) is 2.71. The fourth-order valence-electron chi connectivity index (χ4n) is 2.71. The number of aromatic nitrogens is 3. The molecule has 0 N–H and O–H groups in total.